The van der Waals surface area contributed by atoms with E-state index in [9.17, 15) is 9.90 Å². The molecule has 2 rings (SSSR count). The molecule has 1 heterocycles. The number of fused-ring (bicyclic) bond motifs is 1. The summed E-state index contributed by atoms with van der Waals surface area (Å²) in [5, 5.41) is 9.65. The Balaban J connectivity index is 2.60. The van der Waals surface area contributed by atoms with E-state index in [1.165, 1.54) is 13.2 Å². The molecule has 0 bridgehead atoms. The van der Waals surface area contributed by atoms with Crippen LogP contribution in [0.2, 0.25) is 0 Å². The van der Waals surface area contributed by atoms with Gasteiger partial charge in [-0.3, -0.25) is 0 Å². The van der Waals surface area contributed by atoms with E-state index in [0.29, 0.717) is 0 Å². The molecule has 0 spiro atoms. The zero-order valence-electron chi connectivity index (χ0n) is 9.48. The highest BCUT2D eigenvalue weighted by Gasteiger charge is 2.43. The minimum Gasteiger partial charge on any atom is -0.507 e. The molecule has 1 aliphatic rings. The molecular weight excluding hydrogens is 208 g/mol. The van der Waals surface area contributed by atoms with Gasteiger partial charge in [0, 0.05) is 20.0 Å². The number of cyclic esters (lactones) is 1. The average Bonchev–Trinajstić information content (AvgIpc) is 2.25. The Morgan fingerprint density at radius 3 is 2.81 bits per heavy atom. The van der Waals surface area contributed by atoms with Crippen LogP contribution in [0.3, 0.4) is 0 Å². The van der Waals surface area contributed by atoms with Crippen molar-refractivity contribution in [2.45, 2.75) is 25.6 Å². The number of rotatable bonds is 1. The maximum atomic E-state index is 11.8. The number of ether oxygens (including phenoxy) is 2. The molecule has 4 heteroatoms. The fraction of sp³-hybridized carbons (Fsp3) is 0.417. The molecule has 1 aliphatic heterocycles. The summed E-state index contributed by atoms with van der Waals surface area (Å²) in [7, 11) is 1.50. The van der Waals surface area contributed by atoms with Crippen molar-refractivity contribution in [1.29, 1.82) is 0 Å². The van der Waals surface area contributed by atoms with Gasteiger partial charge < -0.3 is 14.6 Å². The highest BCUT2D eigenvalue weighted by Crippen LogP contribution is 2.41. The molecular formula is C12H14O4. The standard InChI is InChI=1S/C12H14O4/c1-7-8-5-4-6-9(13)10(8)11(14)16-12(7,2)15-3/h4-7,13H,1-3H3. The van der Waals surface area contributed by atoms with Gasteiger partial charge in [0.2, 0.25) is 5.79 Å². The fourth-order valence-electron chi connectivity index (χ4n) is 1.97. The summed E-state index contributed by atoms with van der Waals surface area (Å²) in [4.78, 5) is 11.8. The van der Waals surface area contributed by atoms with Gasteiger partial charge in [-0.2, -0.15) is 0 Å². The van der Waals surface area contributed by atoms with E-state index in [1.54, 1.807) is 19.1 Å². The number of aromatic hydroxyl groups is 1. The first kappa shape index (κ1) is 11.0. The maximum Gasteiger partial charge on any atom is 0.344 e. The summed E-state index contributed by atoms with van der Waals surface area (Å²) in [5.41, 5.74) is 0.991. The van der Waals surface area contributed by atoms with Crippen molar-refractivity contribution in [3.63, 3.8) is 0 Å². The molecule has 0 radical (unpaired) electrons. The second kappa shape index (κ2) is 3.49. The smallest absolute Gasteiger partial charge is 0.344 e. The summed E-state index contributed by atoms with van der Waals surface area (Å²) in [6.45, 7) is 3.61. The van der Waals surface area contributed by atoms with Crippen LogP contribution < -0.4 is 0 Å². The Bertz CT molecular complexity index is 441. The van der Waals surface area contributed by atoms with Crippen LogP contribution in [-0.2, 0) is 9.47 Å². The maximum absolute atomic E-state index is 11.8. The Hall–Kier alpha value is -1.55. The number of phenols is 1. The molecule has 0 aromatic heterocycles. The monoisotopic (exact) mass is 222 g/mol. The third-order valence-electron chi connectivity index (χ3n) is 3.23. The van der Waals surface area contributed by atoms with Crippen molar-refractivity contribution in [2.75, 3.05) is 7.11 Å². The first-order valence-corrected chi connectivity index (χ1v) is 5.10. The largest absolute Gasteiger partial charge is 0.507 e. The normalized spacial score (nSPS) is 28.4. The van der Waals surface area contributed by atoms with E-state index in [2.05, 4.69) is 0 Å². The van der Waals surface area contributed by atoms with Gasteiger partial charge in [0.25, 0.3) is 0 Å². The van der Waals surface area contributed by atoms with Crippen LogP contribution in [0.1, 0.15) is 35.7 Å². The minimum atomic E-state index is -0.974. The van der Waals surface area contributed by atoms with Gasteiger partial charge in [-0.05, 0) is 11.6 Å². The highest BCUT2D eigenvalue weighted by atomic mass is 16.7. The fourth-order valence-corrected chi connectivity index (χ4v) is 1.97. The molecule has 0 fully saturated rings. The average molecular weight is 222 g/mol. The highest BCUT2D eigenvalue weighted by molar-refractivity contribution is 5.95. The Morgan fingerprint density at radius 1 is 1.50 bits per heavy atom. The predicted molar refractivity (Wildman–Crippen MR) is 57.4 cm³/mol. The first-order chi connectivity index (χ1) is 7.49. The Kier molecular flexibility index (Phi) is 2.39. The summed E-state index contributed by atoms with van der Waals surface area (Å²) >= 11 is 0. The minimum absolute atomic E-state index is 0.0486. The van der Waals surface area contributed by atoms with Crippen molar-refractivity contribution in [1.82, 2.24) is 0 Å². The van der Waals surface area contributed by atoms with Gasteiger partial charge in [0.1, 0.15) is 11.3 Å². The molecule has 1 N–H and O–H groups in total. The lowest BCUT2D eigenvalue weighted by Crippen LogP contribution is -2.43. The van der Waals surface area contributed by atoms with E-state index in [0.717, 1.165) is 5.56 Å². The topological polar surface area (TPSA) is 55.8 Å². The number of carbonyl (C=O) groups is 1. The van der Waals surface area contributed by atoms with Crippen LogP contribution in [0.4, 0.5) is 0 Å². The molecule has 2 unspecified atom stereocenters. The number of methoxy groups -OCH3 is 1. The molecule has 0 aliphatic carbocycles. The van der Waals surface area contributed by atoms with Crippen molar-refractivity contribution >= 4 is 5.97 Å². The molecule has 86 valence electrons. The quantitative estimate of drug-likeness (QED) is 0.739. The number of hydrogen-bond acceptors (Lipinski definition) is 4. The van der Waals surface area contributed by atoms with Gasteiger partial charge in [-0.1, -0.05) is 19.1 Å². The van der Waals surface area contributed by atoms with E-state index >= 15 is 0 Å². The van der Waals surface area contributed by atoms with Crippen LogP contribution in [0.25, 0.3) is 0 Å². The van der Waals surface area contributed by atoms with Crippen molar-refractivity contribution in [3.05, 3.63) is 29.3 Å². The SMILES string of the molecule is COC1(C)OC(=O)c2c(O)cccc2C1C. The molecule has 1 aromatic carbocycles. The van der Waals surface area contributed by atoms with E-state index in [-0.39, 0.29) is 17.2 Å². The van der Waals surface area contributed by atoms with Gasteiger partial charge in [-0.25, -0.2) is 4.79 Å². The summed E-state index contributed by atoms with van der Waals surface area (Å²) in [5.74, 6) is -1.70. The molecule has 0 saturated carbocycles. The summed E-state index contributed by atoms with van der Waals surface area (Å²) in [6, 6.07) is 4.99. The molecule has 2 atom stereocenters. The van der Waals surface area contributed by atoms with Crippen molar-refractivity contribution in [2.24, 2.45) is 0 Å². The van der Waals surface area contributed by atoms with E-state index in [4.69, 9.17) is 9.47 Å². The van der Waals surface area contributed by atoms with Crippen LogP contribution >= 0.6 is 0 Å². The van der Waals surface area contributed by atoms with Gasteiger partial charge >= 0.3 is 5.97 Å². The lowest BCUT2D eigenvalue weighted by molar-refractivity contribution is -0.191. The molecule has 1 aromatic rings. The van der Waals surface area contributed by atoms with Crippen LogP contribution in [0.5, 0.6) is 5.75 Å². The molecule has 0 saturated heterocycles. The number of hydrogen-bond donors (Lipinski definition) is 1. The Morgan fingerprint density at radius 2 is 2.19 bits per heavy atom. The number of benzene rings is 1. The zero-order valence-corrected chi connectivity index (χ0v) is 9.48. The van der Waals surface area contributed by atoms with Crippen molar-refractivity contribution < 1.29 is 19.4 Å². The molecule has 0 amide bonds. The zero-order chi connectivity index (χ0) is 11.9. The molecule has 16 heavy (non-hydrogen) atoms. The number of esters is 1. The first-order valence-electron chi connectivity index (χ1n) is 5.10. The third-order valence-corrected chi connectivity index (χ3v) is 3.23. The Labute approximate surface area is 93.8 Å². The lowest BCUT2D eigenvalue weighted by atomic mass is 9.86. The third kappa shape index (κ3) is 1.38. The number of phenolic OH excluding ortho intramolecular Hbond substituents is 1. The second-order valence-corrected chi connectivity index (χ2v) is 4.07. The van der Waals surface area contributed by atoms with Gasteiger partial charge in [-0.15, -0.1) is 0 Å². The predicted octanol–water partition coefficient (Wildman–Crippen LogP) is 2.03. The lowest BCUT2D eigenvalue weighted by Gasteiger charge is -2.38. The van der Waals surface area contributed by atoms with E-state index in [1.807, 2.05) is 6.92 Å². The van der Waals surface area contributed by atoms with Gasteiger partial charge in [0.15, 0.2) is 0 Å². The van der Waals surface area contributed by atoms with Crippen LogP contribution in [0, 0.1) is 0 Å². The van der Waals surface area contributed by atoms with Crippen LogP contribution in [-0.4, -0.2) is 24.0 Å². The summed E-state index contributed by atoms with van der Waals surface area (Å²) in [6.07, 6.45) is 0. The molecule has 4 nitrogen and oxygen atoms in total. The van der Waals surface area contributed by atoms with Gasteiger partial charge in [0.05, 0.1) is 0 Å². The van der Waals surface area contributed by atoms with E-state index < -0.39 is 11.8 Å². The second-order valence-electron chi connectivity index (χ2n) is 4.07. The number of carbonyl (C=O) groups excluding carboxylic acids is 1. The van der Waals surface area contributed by atoms with Crippen LogP contribution in [0.15, 0.2) is 18.2 Å². The summed E-state index contributed by atoms with van der Waals surface area (Å²) < 4.78 is 10.5. The van der Waals surface area contributed by atoms with Crippen molar-refractivity contribution in [3.8, 4) is 5.75 Å².